The molecule has 0 atom stereocenters. The molecule has 18 heavy (non-hydrogen) atoms. The molecule has 0 fully saturated rings. The van der Waals surface area contributed by atoms with E-state index in [2.05, 4.69) is 5.32 Å². The van der Waals surface area contributed by atoms with E-state index in [-0.39, 0.29) is 18.9 Å². The summed E-state index contributed by atoms with van der Waals surface area (Å²) in [4.78, 5) is 24.3. The Bertz CT molecular complexity index is 548. The van der Waals surface area contributed by atoms with Crippen molar-refractivity contribution in [1.82, 2.24) is 0 Å². The fraction of sp³-hybridized carbons (Fsp3) is 0.250. The average Bonchev–Trinajstić information content (AvgIpc) is 2.35. The van der Waals surface area contributed by atoms with Gasteiger partial charge < -0.3 is 15.0 Å². The standard InChI is InChI=1S/C12H11N3O3/c1-15-9-4-2-3-8(14-10(16)5-6-13)12(9)18-7-11(15)17/h2-4H,5,7H2,1H3,(H,14,16). The lowest BCUT2D eigenvalue weighted by atomic mass is 10.2. The van der Waals surface area contributed by atoms with Gasteiger partial charge in [0.1, 0.15) is 6.42 Å². The number of likely N-dealkylation sites (N-methyl/N-ethyl adjacent to an activating group) is 1. The molecular weight excluding hydrogens is 234 g/mol. The third kappa shape index (κ3) is 2.11. The number of nitrogens with zero attached hydrogens (tertiary/aromatic N) is 2. The molecule has 2 rings (SSSR count). The zero-order chi connectivity index (χ0) is 13.1. The minimum atomic E-state index is -0.408. The third-order valence-corrected chi connectivity index (χ3v) is 2.58. The maximum atomic E-state index is 11.5. The van der Waals surface area contributed by atoms with Crippen LogP contribution in [0.2, 0.25) is 0 Å². The minimum Gasteiger partial charge on any atom is -0.479 e. The van der Waals surface area contributed by atoms with Gasteiger partial charge in [0, 0.05) is 7.05 Å². The van der Waals surface area contributed by atoms with Crippen molar-refractivity contribution in [1.29, 1.82) is 5.26 Å². The second-order valence-corrected chi connectivity index (χ2v) is 3.78. The molecule has 2 amide bonds. The van der Waals surface area contributed by atoms with E-state index >= 15 is 0 Å². The van der Waals surface area contributed by atoms with E-state index < -0.39 is 5.91 Å². The second kappa shape index (κ2) is 4.75. The van der Waals surface area contributed by atoms with Crippen molar-refractivity contribution in [3.63, 3.8) is 0 Å². The molecule has 92 valence electrons. The number of hydrogen-bond acceptors (Lipinski definition) is 4. The Morgan fingerprint density at radius 2 is 2.39 bits per heavy atom. The first-order valence-corrected chi connectivity index (χ1v) is 5.32. The number of para-hydroxylation sites is 1. The fourth-order valence-corrected chi connectivity index (χ4v) is 1.67. The highest BCUT2D eigenvalue weighted by molar-refractivity contribution is 6.01. The molecule has 1 aromatic rings. The second-order valence-electron chi connectivity index (χ2n) is 3.78. The summed E-state index contributed by atoms with van der Waals surface area (Å²) in [6.45, 7) is -0.0609. The number of anilines is 2. The number of ether oxygens (including phenoxy) is 1. The van der Waals surface area contributed by atoms with E-state index in [1.807, 2.05) is 0 Å². The van der Waals surface area contributed by atoms with E-state index in [1.54, 1.807) is 31.3 Å². The third-order valence-electron chi connectivity index (χ3n) is 2.58. The van der Waals surface area contributed by atoms with Crippen LogP contribution < -0.4 is 15.0 Å². The Morgan fingerprint density at radius 3 is 3.11 bits per heavy atom. The lowest BCUT2D eigenvalue weighted by Crippen LogP contribution is -2.35. The van der Waals surface area contributed by atoms with Gasteiger partial charge in [0.15, 0.2) is 12.4 Å². The van der Waals surface area contributed by atoms with Gasteiger partial charge in [0.2, 0.25) is 5.91 Å². The lowest BCUT2D eigenvalue weighted by Gasteiger charge is -2.27. The number of carbonyl (C=O) groups excluding carboxylic acids is 2. The fourth-order valence-electron chi connectivity index (χ4n) is 1.67. The highest BCUT2D eigenvalue weighted by atomic mass is 16.5. The molecule has 1 aromatic carbocycles. The summed E-state index contributed by atoms with van der Waals surface area (Å²) in [5, 5.41) is 11.0. The summed E-state index contributed by atoms with van der Waals surface area (Å²) in [5.74, 6) is -0.108. The number of fused-ring (bicyclic) bond motifs is 1. The van der Waals surface area contributed by atoms with Crippen molar-refractivity contribution in [3.05, 3.63) is 18.2 Å². The van der Waals surface area contributed by atoms with Crippen LogP contribution in [0.25, 0.3) is 0 Å². The van der Waals surface area contributed by atoms with Crippen LogP contribution in [0.1, 0.15) is 6.42 Å². The van der Waals surface area contributed by atoms with Gasteiger partial charge in [-0.05, 0) is 12.1 Å². The Kier molecular flexibility index (Phi) is 3.15. The van der Waals surface area contributed by atoms with Gasteiger partial charge in [-0.2, -0.15) is 5.26 Å². The first-order valence-electron chi connectivity index (χ1n) is 5.32. The highest BCUT2D eigenvalue weighted by Gasteiger charge is 2.24. The van der Waals surface area contributed by atoms with Crippen LogP contribution in [0, 0.1) is 11.3 Å². The normalized spacial score (nSPS) is 13.3. The average molecular weight is 245 g/mol. The predicted octanol–water partition coefficient (Wildman–Crippen LogP) is 0.894. The molecule has 0 radical (unpaired) electrons. The molecule has 1 aliphatic rings. The number of rotatable bonds is 2. The van der Waals surface area contributed by atoms with Crippen LogP contribution in [-0.4, -0.2) is 25.5 Å². The van der Waals surface area contributed by atoms with E-state index in [9.17, 15) is 9.59 Å². The van der Waals surface area contributed by atoms with Crippen LogP contribution >= 0.6 is 0 Å². The molecule has 6 heteroatoms. The van der Waals surface area contributed by atoms with Crippen molar-refractivity contribution < 1.29 is 14.3 Å². The van der Waals surface area contributed by atoms with Crippen molar-refractivity contribution >= 4 is 23.2 Å². The van der Waals surface area contributed by atoms with Crippen LogP contribution in [-0.2, 0) is 9.59 Å². The summed E-state index contributed by atoms with van der Waals surface area (Å²) in [6, 6.07) is 6.87. The molecule has 0 aromatic heterocycles. The van der Waals surface area contributed by atoms with E-state index in [0.29, 0.717) is 17.1 Å². The molecule has 0 saturated carbocycles. The van der Waals surface area contributed by atoms with Gasteiger partial charge in [-0.15, -0.1) is 0 Å². The summed E-state index contributed by atoms with van der Waals surface area (Å²) < 4.78 is 5.33. The molecule has 0 bridgehead atoms. The maximum Gasteiger partial charge on any atom is 0.264 e. The van der Waals surface area contributed by atoms with Crippen molar-refractivity contribution in [3.8, 4) is 11.8 Å². The summed E-state index contributed by atoms with van der Waals surface area (Å²) >= 11 is 0. The quantitative estimate of drug-likeness (QED) is 0.838. The van der Waals surface area contributed by atoms with Crippen molar-refractivity contribution in [2.24, 2.45) is 0 Å². The number of hydrogen-bond donors (Lipinski definition) is 1. The molecule has 0 spiro atoms. The number of amides is 2. The van der Waals surface area contributed by atoms with Crippen LogP contribution in [0.15, 0.2) is 18.2 Å². The first kappa shape index (κ1) is 11.9. The lowest BCUT2D eigenvalue weighted by molar-refractivity contribution is -0.121. The minimum absolute atomic E-state index is 0.0609. The maximum absolute atomic E-state index is 11.5. The number of nitriles is 1. The first-order chi connectivity index (χ1) is 8.63. The summed E-state index contributed by atoms with van der Waals surface area (Å²) in [6.07, 6.45) is -0.224. The molecule has 0 aliphatic carbocycles. The van der Waals surface area contributed by atoms with E-state index in [1.165, 1.54) is 4.90 Å². The number of benzene rings is 1. The smallest absolute Gasteiger partial charge is 0.264 e. The number of carbonyl (C=O) groups is 2. The van der Waals surface area contributed by atoms with E-state index in [4.69, 9.17) is 10.00 Å². The van der Waals surface area contributed by atoms with Crippen LogP contribution in [0.5, 0.6) is 5.75 Å². The van der Waals surface area contributed by atoms with Gasteiger partial charge >= 0.3 is 0 Å². The molecule has 1 N–H and O–H groups in total. The van der Waals surface area contributed by atoms with Gasteiger partial charge in [-0.3, -0.25) is 9.59 Å². The highest BCUT2D eigenvalue weighted by Crippen LogP contribution is 2.37. The Hall–Kier alpha value is -2.55. The zero-order valence-corrected chi connectivity index (χ0v) is 9.77. The zero-order valence-electron chi connectivity index (χ0n) is 9.77. The molecule has 0 saturated heterocycles. The van der Waals surface area contributed by atoms with E-state index in [0.717, 1.165) is 0 Å². The van der Waals surface area contributed by atoms with Gasteiger partial charge in [0.25, 0.3) is 5.91 Å². The molecule has 1 heterocycles. The topological polar surface area (TPSA) is 82.4 Å². The van der Waals surface area contributed by atoms with Gasteiger partial charge in [0.05, 0.1) is 17.4 Å². The van der Waals surface area contributed by atoms with Crippen molar-refractivity contribution in [2.75, 3.05) is 23.9 Å². The molecule has 0 unspecified atom stereocenters. The van der Waals surface area contributed by atoms with Crippen LogP contribution in [0.4, 0.5) is 11.4 Å². The Balaban J connectivity index is 2.32. The summed E-state index contributed by atoms with van der Waals surface area (Å²) in [5.41, 5.74) is 1.06. The number of nitrogens with one attached hydrogen (secondary N) is 1. The predicted molar refractivity (Wildman–Crippen MR) is 64.2 cm³/mol. The Labute approximate surface area is 104 Å². The van der Waals surface area contributed by atoms with Crippen molar-refractivity contribution in [2.45, 2.75) is 6.42 Å². The Morgan fingerprint density at radius 1 is 1.61 bits per heavy atom. The molecule has 6 nitrogen and oxygen atoms in total. The molecular formula is C12H11N3O3. The summed E-state index contributed by atoms with van der Waals surface area (Å²) in [7, 11) is 1.64. The van der Waals surface area contributed by atoms with Gasteiger partial charge in [-0.25, -0.2) is 0 Å². The SMILES string of the molecule is CN1C(=O)COc2c(NC(=O)CC#N)cccc21. The molecule has 1 aliphatic heterocycles. The van der Waals surface area contributed by atoms with Gasteiger partial charge in [-0.1, -0.05) is 6.07 Å². The largest absolute Gasteiger partial charge is 0.479 e. The monoisotopic (exact) mass is 245 g/mol. The van der Waals surface area contributed by atoms with Crippen LogP contribution in [0.3, 0.4) is 0 Å².